The van der Waals surface area contributed by atoms with Gasteiger partial charge in [0.05, 0.1) is 18.2 Å². The second-order valence-corrected chi connectivity index (χ2v) is 6.51. The lowest BCUT2D eigenvalue weighted by Gasteiger charge is -2.25. The molecule has 1 amide bonds. The number of hydrogen-bond donors (Lipinski definition) is 0. The number of aromatic nitrogens is 2. The van der Waals surface area contributed by atoms with E-state index in [4.69, 9.17) is 0 Å². The lowest BCUT2D eigenvalue weighted by molar-refractivity contribution is -0.131. The standard InChI is InChI=1S/C19H19N3OS/c1-14(15-7-4-3-5-8-15)22(2)18(23)11-17-13-24-19(21-17)16-9-6-10-20-12-16/h3-10,12-14H,11H2,1-2H3. The van der Waals surface area contributed by atoms with Gasteiger partial charge < -0.3 is 4.90 Å². The number of nitrogens with zero attached hydrogens (tertiary/aromatic N) is 3. The summed E-state index contributed by atoms with van der Waals surface area (Å²) in [5.74, 6) is 0.0642. The number of amides is 1. The molecular weight excluding hydrogens is 318 g/mol. The van der Waals surface area contributed by atoms with Crippen LogP contribution in [0.5, 0.6) is 0 Å². The first-order valence-electron chi connectivity index (χ1n) is 7.80. The molecule has 0 N–H and O–H groups in total. The number of thiazole rings is 1. The van der Waals surface area contributed by atoms with Gasteiger partial charge in [0.15, 0.2) is 0 Å². The largest absolute Gasteiger partial charge is 0.339 e. The Morgan fingerprint density at radius 3 is 2.71 bits per heavy atom. The van der Waals surface area contributed by atoms with E-state index in [1.807, 2.05) is 61.8 Å². The number of carbonyl (C=O) groups excluding carboxylic acids is 1. The van der Waals surface area contributed by atoms with E-state index in [0.29, 0.717) is 6.42 Å². The van der Waals surface area contributed by atoms with Crippen molar-refractivity contribution in [1.82, 2.24) is 14.9 Å². The van der Waals surface area contributed by atoms with Crippen LogP contribution in [0.1, 0.15) is 24.2 Å². The van der Waals surface area contributed by atoms with Crippen LogP contribution in [0.25, 0.3) is 10.6 Å². The first kappa shape index (κ1) is 16.3. The summed E-state index contributed by atoms with van der Waals surface area (Å²) in [6, 6.07) is 13.9. The molecule has 122 valence electrons. The van der Waals surface area contributed by atoms with Gasteiger partial charge >= 0.3 is 0 Å². The highest BCUT2D eigenvalue weighted by Gasteiger charge is 2.18. The Labute approximate surface area is 145 Å². The van der Waals surface area contributed by atoms with Gasteiger partial charge in [0.1, 0.15) is 5.01 Å². The second kappa shape index (κ2) is 7.36. The predicted octanol–water partition coefficient (Wildman–Crippen LogP) is 3.97. The third-order valence-electron chi connectivity index (χ3n) is 4.05. The van der Waals surface area contributed by atoms with Gasteiger partial charge in [0, 0.05) is 30.4 Å². The second-order valence-electron chi connectivity index (χ2n) is 5.65. The zero-order chi connectivity index (χ0) is 16.9. The van der Waals surface area contributed by atoms with Gasteiger partial charge in [-0.25, -0.2) is 4.98 Å². The van der Waals surface area contributed by atoms with Crippen LogP contribution in [-0.2, 0) is 11.2 Å². The van der Waals surface area contributed by atoms with E-state index in [1.165, 1.54) is 11.3 Å². The van der Waals surface area contributed by atoms with Crippen LogP contribution in [0.4, 0.5) is 0 Å². The van der Waals surface area contributed by atoms with Crippen molar-refractivity contribution in [1.29, 1.82) is 0 Å². The normalized spacial score (nSPS) is 11.9. The summed E-state index contributed by atoms with van der Waals surface area (Å²) in [6.07, 6.45) is 3.83. The molecule has 0 bridgehead atoms. The van der Waals surface area contributed by atoms with Crippen LogP contribution in [-0.4, -0.2) is 27.8 Å². The molecule has 0 saturated carbocycles. The predicted molar refractivity (Wildman–Crippen MR) is 96.7 cm³/mol. The van der Waals surface area contributed by atoms with E-state index >= 15 is 0 Å². The highest BCUT2D eigenvalue weighted by atomic mass is 32.1. The van der Waals surface area contributed by atoms with Crippen LogP contribution in [0, 0.1) is 0 Å². The van der Waals surface area contributed by atoms with Gasteiger partial charge in [-0.2, -0.15) is 0 Å². The molecule has 0 radical (unpaired) electrons. The van der Waals surface area contributed by atoms with Crippen molar-refractivity contribution in [2.45, 2.75) is 19.4 Å². The molecule has 3 rings (SSSR count). The van der Waals surface area contributed by atoms with Crippen LogP contribution in [0.2, 0.25) is 0 Å². The zero-order valence-corrected chi connectivity index (χ0v) is 14.5. The lowest BCUT2D eigenvalue weighted by atomic mass is 10.1. The molecule has 1 aromatic carbocycles. The lowest BCUT2D eigenvalue weighted by Crippen LogP contribution is -2.31. The van der Waals surface area contributed by atoms with Gasteiger partial charge in [0.25, 0.3) is 0 Å². The fraction of sp³-hybridized carbons (Fsp3) is 0.211. The minimum atomic E-state index is 0.0372. The van der Waals surface area contributed by atoms with Gasteiger partial charge in [-0.1, -0.05) is 30.3 Å². The minimum absolute atomic E-state index is 0.0372. The average Bonchev–Trinajstić information content (AvgIpc) is 3.10. The van der Waals surface area contributed by atoms with Crippen molar-refractivity contribution < 1.29 is 4.79 Å². The number of benzene rings is 1. The quantitative estimate of drug-likeness (QED) is 0.708. The van der Waals surface area contributed by atoms with E-state index in [-0.39, 0.29) is 11.9 Å². The van der Waals surface area contributed by atoms with Gasteiger partial charge in [0.2, 0.25) is 5.91 Å². The summed E-state index contributed by atoms with van der Waals surface area (Å²) in [6.45, 7) is 2.04. The summed E-state index contributed by atoms with van der Waals surface area (Å²) in [5, 5.41) is 2.84. The maximum atomic E-state index is 12.6. The Balaban J connectivity index is 1.68. The number of likely N-dealkylation sites (N-methyl/N-ethyl adjacent to an activating group) is 1. The summed E-state index contributed by atoms with van der Waals surface area (Å²) in [5.41, 5.74) is 2.91. The zero-order valence-electron chi connectivity index (χ0n) is 13.7. The Kier molecular flexibility index (Phi) is 5.01. The van der Waals surface area contributed by atoms with Crippen LogP contribution >= 0.6 is 11.3 Å². The highest BCUT2D eigenvalue weighted by molar-refractivity contribution is 7.13. The number of carbonyl (C=O) groups is 1. The Hall–Kier alpha value is -2.53. The Morgan fingerprint density at radius 1 is 1.21 bits per heavy atom. The van der Waals surface area contributed by atoms with Crippen molar-refractivity contribution in [3.63, 3.8) is 0 Å². The monoisotopic (exact) mass is 337 g/mol. The SMILES string of the molecule is CC(c1ccccc1)N(C)C(=O)Cc1csc(-c2cccnc2)n1. The molecule has 2 heterocycles. The Morgan fingerprint density at radius 2 is 2.00 bits per heavy atom. The molecular formula is C19H19N3OS. The molecule has 3 aromatic rings. The van der Waals surface area contributed by atoms with Crippen molar-refractivity contribution >= 4 is 17.2 Å². The molecule has 1 atom stereocenters. The molecule has 4 nitrogen and oxygen atoms in total. The summed E-state index contributed by atoms with van der Waals surface area (Å²) < 4.78 is 0. The third-order valence-corrected chi connectivity index (χ3v) is 4.99. The molecule has 0 spiro atoms. The van der Waals surface area contributed by atoms with E-state index in [2.05, 4.69) is 9.97 Å². The van der Waals surface area contributed by atoms with Crippen molar-refractivity contribution in [3.05, 3.63) is 71.5 Å². The molecule has 1 unspecified atom stereocenters. The molecule has 0 aliphatic carbocycles. The summed E-state index contributed by atoms with van der Waals surface area (Å²) >= 11 is 1.54. The van der Waals surface area contributed by atoms with Gasteiger partial charge in [-0.15, -0.1) is 11.3 Å². The van der Waals surface area contributed by atoms with E-state index < -0.39 is 0 Å². The van der Waals surface area contributed by atoms with E-state index in [0.717, 1.165) is 21.8 Å². The van der Waals surface area contributed by atoms with Crippen LogP contribution in [0.3, 0.4) is 0 Å². The first-order chi connectivity index (χ1) is 11.6. The van der Waals surface area contributed by atoms with Gasteiger partial charge in [-0.05, 0) is 24.6 Å². The number of rotatable bonds is 5. The van der Waals surface area contributed by atoms with Gasteiger partial charge in [-0.3, -0.25) is 9.78 Å². The Bertz CT molecular complexity index is 802. The third kappa shape index (κ3) is 3.68. The molecule has 0 aliphatic heterocycles. The molecule has 0 aliphatic rings. The van der Waals surface area contributed by atoms with E-state index in [1.54, 1.807) is 17.3 Å². The average molecular weight is 337 g/mol. The summed E-state index contributed by atoms with van der Waals surface area (Å²) in [7, 11) is 1.84. The smallest absolute Gasteiger partial charge is 0.228 e. The van der Waals surface area contributed by atoms with Crippen molar-refractivity contribution in [2.24, 2.45) is 0 Å². The minimum Gasteiger partial charge on any atom is -0.339 e. The van der Waals surface area contributed by atoms with Crippen molar-refractivity contribution in [2.75, 3.05) is 7.05 Å². The first-order valence-corrected chi connectivity index (χ1v) is 8.68. The topological polar surface area (TPSA) is 46.1 Å². The number of pyridine rings is 1. The van der Waals surface area contributed by atoms with E-state index in [9.17, 15) is 4.79 Å². The summed E-state index contributed by atoms with van der Waals surface area (Å²) in [4.78, 5) is 23.0. The molecule has 0 fully saturated rings. The molecule has 24 heavy (non-hydrogen) atoms. The maximum absolute atomic E-state index is 12.6. The maximum Gasteiger partial charge on any atom is 0.228 e. The fourth-order valence-electron chi connectivity index (χ4n) is 2.46. The molecule has 2 aromatic heterocycles. The fourth-order valence-corrected chi connectivity index (χ4v) is 3.27. The molecule has 5 heteroatoms. The van der Waals surface area contributed by atoms with Crippen LogP contribution < -0.4 is 0 Å². The number of hydrogen-bond acceptors (Lipinski definition) is 4. The highest BCUT2D eigenvalue weighted by Crippen LogP contribution is 2.24. The van der Waals surface area contributed by atoms with Crippen LogP contribution in [0.15, 0.2) is 60.2 Å². The molecule has 0 saturated heterocycles. The van der Waals surface area contributed by atoms with Crippen molar-refractivity contribution in [3.8, 4) is 10.6 Å².